The summed E-state index contributed by atoms with van der Waals surface area (Å²) in [6.45, 7) is 6.53. The van der Waals surface area contributed by atoms with Crippen molar-refractivity contribution in [3.63, 3.8) is 0 Å². The average molecular weight is 575 g/mol. The number of likely N-dealkylation sites (tertiary alicyclic amines) is 1. The number of hydrogen-bond donors (Lipinski definition) is 1. The number of ether oxygens (including phenoxy) is 1. The number of hydrogen-bond acceptors (Lipinski definition) is 8. The molecule has 2 aliphatic heterocycles. The number of carbonyl (C=O) groups is 3. The van der Waals surface area contributed by atoms with Crippen molar-refractivity contribution in [1.29, 1.82) is 0 Å². The maximum atomic E-state index is 13.4. The molecule has 5 heterocycles. The maximum absolute atomic E-state index is 13.4. The third-order valence-corrected chi connectivity index (χ3v) is 8.27. The summed E-state index contributed by atoms with van der Waals surface area (Å²) in [5.41, 5.74) is 1.26. The van der Waals surface area contributed by atoms with Crippen molar-refractivity contribution in [3.05, 3.63) is 41.9 Å². The predicted molar refractivity (Wildman–Crippen MR) is 157 cm³/mol. The molecule has 2 bridgehead atoms. The first-order valence-corrected chi connectivity index (χ1v) is 14.6. The molecule has 3 aromatic rings. The molecule has 3 fully saturated rings. The minimum absolute atomic E-state index is 0.0454. The summed E-state index contributed by atoms with van der Waals surface area (Å²) in [4.78, 5) is 57.8. The van der Waals surface area contributed by atoms with Gasteiger partial charge < -0.3 is 24.4 Å². The molecule has 0 aromatic carbocycles. The molecule has 3 aromatic heterocycles. The Morgan fingerprint density at radius 1 is 0.976 bits per heavy atom. The van der Waals surface area contributed by atoms with Crippen molar-refractivity contribution < 1.29 is 19.1 Å². The van der Waals surface area contributed by atoms with Gasteiger partial charge in [-0.1, -0.05) is 0 Å². The summed E-state index contributed by atoms with van der Waals surface area (Å²) >= 11 is 0. The van der Waals surface area contributed by atoms with Crippen LogP contribution in [-0.4, -0.2) is 97.0 Å². The SMILES string of the molecule is CN(C)C(=O)c1cc2cnc(Nc3ccc(C(=O)N4CC5CCC(C4)N5C(=O)OC(C)(C)C)cn3)nc2n1C1CCC1. The summed E-state index contributed by atoms with van der Waals surface area (Å²) in [6, 6.07) is 5.49. The fourth-order valence-electron chi connectivity index (χ4n) is 6.05. The summed E-state index contributed by atoms with van der Waals surface area (Å²) in [5, 5.41) is 3.95. The lowest BCUT2D eigenvalue weighted by Crippen LogP contribution is -2.57. The molecule has 6 rings (SSSR count). The zero-order valence-electron chi connectivity index (χ0n) is 24.8. The van der Waals surface area contributed by atoms with Crippen LogP contribution in [0.4, 0.5) is 16.6 Å². The molecule has 12 nitrogen and oxygen atoms in total. The van der Waals surface area contributed by atoms with Crippen molar-refractivity contribution in [2.45, 2.75) is 76.6 Å². The van der Waals surface area contributed by atoms with Crippen LogP contribution in [0.3, 0.4) is 0 Å². The highest BCUT2D eigenvalue weighted by Crippen LogP contribution is 2.37. The fourth-order valence-corrected chi connectivity index (χ4v) is 6.05. The molecule has 2 atom stereocenters. The standard InChI is InChI=1S/C30H38N8O4/c1-30(2,3)42-29(41)37-21-10-11-22(37)17-36(16-21)26(39)18-9-12-24(31-14-18)33-28-32-15-19-13-23(27(40)35(4)5)38(25(19)34-28)20-7-6-8-20/h9,12-15,20-22H,6-8,10-11,16-17H2,1-5H3,(H,31,32,33,34). The van der Waals surface area contributed by atoms with E-state index in [1.54, 1.807) is 43.5 Å². The Bertz CT molecular complexity index is 1510. The smallest absolute Gasteiger partial charge is 0.410 e. The van der Waals surface area contributed by atoms with Gasteiger partial charge in [-0.3, -0.25) is 14.5 Å². The van der Waals surface area contributed by atoms with E-state index >= 15 is 0 Å². The van der Waals surface area contributed by atoms with Gasteiger partial charge in [0.05, 0.1) is 17.6 Å². The maximum Gasteiger partial charge on any atom is 0.410 e. The van der Waals surface area contributed by atoms with Gasteiger partial charge in [0.1, 0.15) is 22.8 Å². The number of aromatic nitrogens is 4. The Balaban J connectivity index is 1.15. The van der Waals surface area contributed by atoms with E-state index in [2.05, 4.69) is 15.3 Å². The minimum Gasteiger partial charge on any atom is -0.444 e. The molecule has 3 amide bonds. The van der Waals surface area contributed by atoms with Gasteiger partial charge >= 0.3 is 6.09 Å². The third-order valence-electron chi connectivity index (χ3n) is 8.27. The quantitative estimate of drug-likeness (QED) is 0.480. The molecular formula is C30H38N8O4. The monoisotopic (exact) mass is 574 g/mol. The van der Waals surface area contributed by atoms with E-state index in [-0.39, 0.29) is 36.0 Å². The number of anilines is 2. The van der Waals surface area contributed by atoms with Crippen LogP contribution in [0.5, 0.6) is 0 Å². The highest BCUT2D eigenvalue weighted by atomic mass is 16.6. The second kappa shape index (κ2) is 10.6. The van der Waals surface area contributed by atoms with Crippen LogP contribution in [0.1, 0.15) is 79.8 Å². The first-order chi connectivity index (χ1) is 20.0. The summed E-state index contributed by atoms with van der Waals surface area (Å²) in [7, 11) is 3.50. The number of fused-ring (bicyclic) bond motifs is 3. The fraction of sp³-hybridized carbons (Fsp3) is 0.533. The molecule has 222 valence electrons. The summed E-state index contributed by atoms with van der Waals surface area (Å²) < 4.78 is 7.65. The third kappa shape index (κ3) is 5.25. The Morgan fingerprint density at radius 2 is 1.69 bits per heavy atom. The molecule has 12 heteroatoms. The van der Waals surface area contributed by atoms with Gasteiger partial charge in [-0.25, -0.2) is 14.8 Å². The molecule has 1 N–H and O–H groups in total. The molecule has 0 spiro atoms. The summed E-state index contributed by atoms with van der Waals surface area (Å²) in [6.07, 6.45) is 7.83. The van der Waals surface area contributed by atoms with Crippen molar-refractivity contribution in [3.8, 4) is 0 Å². The van der Waals surface area contributed by atoms with Crippen LogP contribution in [0.2, 0.25) is 0 Å². The lowest BCUT2D eigenvalue weighted by molar-refractivity contribution is -0.00336. The largest absolute Gasteiger partial charge is 0.444 e. The topological polar surface area (TPSA) is 126 Å². The molecule has 42 heavy (non-hydrogen) atoms. The van der Waals surface area contributed by atoms with Gasteiger partial charge in [0.2, 0.25) is 5.95 Å². The number of carbonyl (C=O) groups excluding carboxylic acids is 3. The Labute approximate surface area is 245 Å². The second-order valence-electron chi connectivity index (χ2n) is 12.7. The highest BCUT2D eigenvalue weighted by molar-refractivity contribution is 5.98. The number of amides is 3. The number of piperazine rings is 1. The van der Waals surface area contributed by atoms with E-state index in [1.165, 1.54) is 0 Å². The zero-order valence-corrected chi connectivity index (χ0v) is 24.8. The van der Waals surface area contributed by atoms with E-state index < -0.39 is 5.60 Å². The Kier molecular flexibility index (Phi) is 7.02. The van der Waals surface area contributed by atoms with Crippen molar-refractivity contribution in [2.75, 3.05) is 32.5 Å². The molecule has 2 unspecified atom stereocenters. The van der Waals surface area contributed by atoms with Crippen LogP contribution in [0, 0.1) is 0 Å². The Morgan fingerprint density at radius 3 is 2.26 bits per heavy atom. The van der Waals surface area contributed by atoms with Crippen molar-refractivity contribution in [1.82, 2.24) is 34.2 Å². The normalized spacial score (nSPS) is 20.4. The Hall–Kier alpha value is -4.22. The molecular weight excluding hydrogens is 536 g/mol. The highest BCUT2D eigenvalue weighted by Gasteiger charge is 2.45. The van der Waals surface area contributed by atoms with Crippen LogP contribution < -0.4 is 5.32 Å². The number of pyridine rings is 1. The summed E-state index contributed by atoms with van der Waals surface area (Å²) in [5.74, 6) is 0.706. The van der Waals surface area contributed by atoms with Crippen LogP contribution in [-0.2, 0) is 4.74 Å². The van der Waals surface area contributed by atoms with Gasteiger partial charge in [0, 0.05) is 51.0 Å². The number of nitrogens with zero attached hydrogens (tertiary/aromatic N) is 7. The first kappa shape index (κ1) is 27.9. The molecule has 2 saturated heterocycles. The minimum atomic E-state index is -0.559. The van der Waals surface area contributed by atoms with Gasteiger partial charge in [0.15, 0.2) is 0 Å². The van der Waals surface area contributed by atoms with Gasteiger partial charge in [-0.05, 0) is 71.1 Å². The molecule has 0 radical (unpaired) electrons. The molecule has 1 saturated carbocycles. The molecule has 1 aliphatic carbocycles. The van der Waals surface area contributed by atoms with Gasteiger partial charge in [-0.2, -0.15) is 4.98 Å². The van der Waals surface area contributed by atoms with E-state index in [9.17, 15) is 14.4 Å². The van der Waals surface area contributed by atoms with Crippen LogP contribution >= 0.6 is 0 Å². The van der Waals surface area contributed by atoms with Gasteiger partial charge in [-0.15, -0.1) is 0 Å². The van der Waals surface area contributed by atoms with Gasteiger partial charge in [0.25, 0.3) is 11.8 Å². The average Bonchev–Trinajstić information content (AvgIpc) is 3.40. The lowest BCUT2D eigenvalue weighted by atomic mass is 9.92. The van der Waals surface area contributed by atoms with Crippen LogP contribution in [0.15, 0.2) is 30.6 Å². The van der Waals surface area contributed by atoms with E-state index in [0.717, 1.165) is 37.5 Å². The lowest BCUT2D eigenvalue weighted by Gasteiger charge is -2.41. The van der Waals surface area contributed by atoms with Crippen molar-refractivity contribution >= 4 is 40.7 Å². The second-order valence-corrected chi connectivity index (χ2v) is 12.7. The predicted octanol–water partition coefficient (Wildman–Crippen LogP) is 4.22. The number of rotatable bonds is 5. The first-order valence-electron chi connectivity index (χ1n) is 14.6. The van der Waals surface area contributed by atoms with Crippen molar-refractivity contribution in [2.24, 2.45) is 0 Å². The van der Waals surface area contributed by atoms with Crippen LogP contribution in [0.25, 0.3) is 11.0 Å². The van der Waals surface area contributed by atoms with E-state index in [1.807, 2.05) is 41.2 Å². The zero-order chi connectivity index (χ0) is 29.8. The number of nitrogens with one attached hydrogen (secondary N) is 1. The van der Waals surface area contributed by atoms with E-state index in [4.69, 9.17) is 9.72 Å². The molecule has 3 aliphatic rings. The van der Waals surface area contributed by atoms with E-state index in [0.29, 0.717) is 41.8 Å².